The molecule has 29 heavy (non-hydrogen) atoms. The summed E-state index contributed by atoms with van der Waals surface area (Å²) in [6, 6.07) is 9.79. The first-order chi connectivity index (χ1) is 14.0. The molecule has 0 aliphatic carbocycles. The van der Waals surface area contributed by atoms with Crippen molar-refractivity contribution >= 4 is 28.6 Å². The minimum Gasteiger partial charge on any atom is -0.356 e. The van der Waals surface area contributed by atoms with Gasteiger partial charge in [-0.25, -0.2) is 0 Å². The fraction of sp³-hybridized carbons (Fsp3) is 0.429. The van der Waals surface area contributed by atoms with Gasteiger partial charge >= 0.3 is 0 Å². The number of aromatic amines is 1. The van der Waals surface area contributed by atoms with Gasteiger partial charge in [0.25, 0.3) is 5.91 Å². The average Bonchev–Trinajstić information content (AvgIpc) is 3.33. The monoisotopic (exact) mass is 395 g/mol. The quantitative estimate of drug-likeness (QED) is 0.541. The number of para-hydroxylation sites is 1. The molecule has 152 valence electrons. The Hall–Kier alpha value is -3.34. The number of H-pyrrole nitrogens is 1. The molecule has 0 spiro atoms. The molecule has 2 heterocycles. The van der Waals surface area contributed by atoms with Crippen LogP contribution in [0, 0.1) is 17.2 Å². The number of carbonyl (C=O) groups is 3. The van der Waals surface area contributed by atoms with Crippen molar-refractivity contribution in [2.45, 2.75) is 44.7 Å². The van der Waals surface area contributed by atoms with Crippen molar-refractivity contribution in [3.05, 3.63) is 36.0 Å². The van der Waals surface area contributed by atoms with Crippen molar-refractivity contribution in [2.24, 2.45) is 5.92 Å². The topological polar surface area (TPSA) is 127 Å². The molecule has 1 fully saturated rings. The van der Waals surface area contributed by atoms with Gasteiger partial charge in [-0.1, -0.05) is 31.5 Å². The molecule has 0 radical (unpaired) electrons. The lowest BCUT2D eigenvalue weighted by atomic mass is 9.98. The van der Waals surface area contributed by atoms with Crippen LogP contribution in [0.3, 0.4) is 0 Å². The first kappa shape index (κ1) is 20.4. The molecular weight excluding hydrogens is 370 g/mol. The van der Waals surface area contributed by atoms with E-state index in [1.54, 1.807) is 6.07 Å². The fourth-order valence-corrected chi connectivity index (χ4v) is 3.56. The van der Waals surface area contributed by atoms with E-state index < -0.39 is 18.0 Å². The van der Waals surface area contributed by atoms with Crippen molar-refractivity contribution in [3.8, 4) is 6.07 Å². The highest BCUT2D eigenvalue weighted by Crippen LogP contribution is 2.17. The highest BCUT2D eigenvalue weighted by molar-refractivity contribution is 6.00. The van der Waals surface area contributed by atoms with E-state index in [-0.39, 0.29) is 24.2 Å². The molecule has 1 saturated heterocycles. The van der Waals surface area contributed by atoms with Crippen LogP contribution in [0.25, 0.3) is 10.9 Å². The van der Waals surface area contributed by atoms with Gasteiger partial charge in [-0.2, -0.15) is 5.26 Å². The Labute approximate surface area is 169 Å². The van der Waals surface area contributed by atoms with Gasteiger partial charge in [0.2, 0.25) is 11.8 Å². The fourth-order valence-electron chi connectivity index (χ4n) is 3.56. The SMILES string of the molecule is CCC[C@H](NC(=O)c1cc2ccccc2[nH]1)C(=O)N[C@H](C#N)C[C@@H]1CCNC1=O. The number of nitrogens with zero attached hydrogens (tertiary/aromatic N) is 1. The van der Waals surface area contributed by atoms with E-state index in [1.165, 1.54) is 0 Å². The standard InChI is InChI=1S/C21H25N5O3/c1-2-5-17(20(28)24-15(12-22)10-14-8-9-23-19(14)27)26-21(29)18-11-13-6-3-4-7-16(13)25-18/h3-4,6-7,11,14-15,17,25H,2,5,8-10H2,1H3,(H,23,27)(H,24,28)(H,26,29)/t14-,15-,17-/m0/s1. The molecule has 8 heteroatoms. The number of nitrogens with one attached hydrogen (secondary N) is 4. The molecule has 0 bridgehead atoms. The van der Waals surface area contributed by atoms with Crippen LogP contribution in [0.15, 0.2) is 30.3 Å². The maximum absolute atomic E-state index is 12.7. The predicted octanol–water partition coefficient (Wildman–Crippen LogP) is 1.60. The van der Waals surface area contributed by atoms with E-state index in [0.29, 0.717) is 31.5 Å². The second-order valence-corrected chi connectivity index (χ2v) is 7.29. The number of hydrogen-bond acceptors (Lipinski definition) is 4. The third-order valence-electron chi connectivity index (χ3n) is 5.13. The number of rotatable bonds is 8. The van der Waals surface area contributed by atoms with E-state index in [4.69, 9.17) is 0 Å². The van der Waals surface area contributed by atoms with Crippen molar-refractivity contribution in [2.75, 3.05) is 6.54 Å². The number of carbonyl (C=O) groups excluding carboxylic acids is 3. The third kappa shape index (κ3) is 4.93. The highest BCUT2D eigenvalue weighted by Gasteiger charge is 2.29. The van der Waals surface area contributed by atoms with E-state index in [9.17, 15) is 19.6 Å². The average molecular weight is 395 g/mol. The normalized spacial score (nSPS) is 17.9. The Balaban J connectivity index is 1.64. The van der Waals surface area contributed by atoms with Crippen molar-refractivity contribution in [3.63, 3.8) is 0 Å². The number of benzene rings is 1. The minimum absolute atomic E-state index is 0.0864. The molecule has 1 aliphatic rings. The van der Waals surface area contributed by atoms with E-state index in [2.05, 4.69) is 20.9 Å². The largest absolute Gasteiger partial charge is 0.356 e. The summed E-state index contributed by atoms with van der Waals surface area (Å²) in [6.07, 6.45) is 2.05. The van der Waals surface area contributed by atoms with Gasteiger partial charge in [-0.3, -0.25) is 14.4 Å². The Bertz CT molecular complexity index is 912. The molecule has 2 aromatic rings. The lowest BCUT2D eigenvalue weighted by Crippen LogP contribution is -2.49. The molecule has 1 aromatic heterocycles. The summed E-state index contributed by atoms with van der Waals surface area (Å²) >= 11 is 0. The Morgan fingerprint density at radius 1 is 1.31 bits per heavy atom. The molecule has 8 nitrogen and oxygen atoms in total. The molecule has 3 rings (SSSR count). The molecular formula is C21H25N5O3. The van der Waals surface area contributed by atoms with Gasteiger partial charge in [0.1, 0.15) is 17.8 Å². The van der Waals surface area contributed by atoms with Crippen molar-refractivity contribution < 1.29 is 14.4 Å². The summed E-state index contributed by atoms with van der Waals surface area (Å²) in [4.78, 5) is 40.1. The molecule has 4 N–H and O–H groups in total. The number of amides is 3. The first-order valence-corrected chi connectivity index (χ1v) is 9.88. The summed E-state index contributed by atoms with van der Waals surface area (Å²) in [5, 5.41) is 18.5. The molecule has 1 aromatic carbocycles. The molecule has 3 amide bonds. The Morgan fingerprint density at radius 3 is 2.76 bits per heavy atom. The smallest absolute Gasteiger partial charge is 0.268 e. The Morgan fingerprint density at radius 2 is 2.10 bits per heavy atom. The van der Waals surface area contributed by atoms with Gasteiger partial charge < -0.3 is 20.9 Å². The van der Waals surface area contributed by atoms with Crippen LogP contribution < -0.4 is 16.0 Å². The number of hydrogen-bond donors (Lipinski definition) is 4. The van der Waals surface area contributed by atoms with Crippen molar-refractivity contribution in [1.82, 2.24) is 20.9 Å². The van der Waals surface area contributed by atoms with Gasteiger partial charge in [0.15, 0.2) is 0 Å². The highest BCUT2D eigenvalue weighted by atomic mass is 16.2. The lowest BCUT2D eigenvalue weighted by Gasteiger charge is -2.20. The zero-order valence-electron chi connectivity index (χ0n) is 16.3. The maximum Gasteiger partial charge on any atom is 0.268 e. The minimum atomic E-state index is -0.777. The van der Waals surface area contributed by atoms with E-state index in [0.717, 1.165) is 10.9 Å². The maximum atomic E-state index is 12.7. The van der Waals surface area contributed by atoms with Crippen LogP contribution in [0.1, 0.15) is 43.1 Å². The Kier molecular flexibility index (Phi) is 6.50. The second-order valence-electron chi connectivity index (χ2n) is 7.29. The summed E-state index contributed by atoms with van der Waals surface area (Å²) in [7, 11) is 0. The van der Waals surface area contributed by atoms with Gasteiger partial charge in [-0.15, -0.1) is 0 Å². The summed E-state index contributed by atoms with van der Waals surface area (Å²) in [6.45, 7) is 2.51. The van der Waals surface area contributed by atoms with Gasteiger partial charge in [0, 0.05) is 23.4 Å². The van der Waals surface area contributed by atoms with Crippen LogP contribution in [0.5, 0.6) is 0 Å². The lowest BCUT2D eigenvalue weighted by molar-refractivity contribution is -0.125. The van der Waals surface area contributed by atoms with Crippen LogP contribution >= 0.6 is 0 Å². The van der Waals surface area contributed by atoms with Gasteiger partial charge in [-0.05, 0) is 31.4 Å². The predicted molar refractivity (Wildman–Crippen MR) is 108 cm³/mol. The van der Waals surface area contributed by atoms with Crippen LogP contribution in [0.2, 0.25) is 0 Å². The van der Waals surface area contributed by atoms with E-state index >= 15 is 0 Å². The molecule has 0 unspecified atom stereocenters. The molecule has 1 aliphatic heterocycles. The van der Waals surface area contributed by atoms with Gasteiger partial charge in [0.05, 0.1) is 6.07 Å². The second kappa shape index (κ2) is 9.24. The van der Waals surface area contributed by atoms with Crippen molar-refractivity contribution in [1.29, 1.82) is 5.26 Å². The summed E-state index contributed by atoms with van der Waals surface area (Å²) in [5.74, 6) is -1.15. The number of nitriles is 1. The zero-order chi connectivity index (χ0) is 20.8. The summed E-state index contributed by atoms with van der Waals surface area (Å²) < 4.78 is 0. The summed E-state index contributed by atoms with van der Waals surface area (Å²) in [5.41, 5.74) is 1.22. The van der Waals surface area contributed by atoms with Crippen LogP contribution in [-0.2, 0) is 9.59 Å². The van der Waals surface area contributed by atoms with Crippen LogP contribution in [-0.4, -0.2) is 41.3 Å². The third-order valence-corrected chi connectivity index (χ3v) is 5.13. The zero-order valence-corrected chi connectivity index (χ0v) is 16.3. The van der Waals surface area contributed by atoms with E-state index in [1.807, 2.05) is 37.3 Å². The number of fused-ring (bicyclic) bond motifs is 1. The first-order valence-electron chi connectivity index (χ1n) is 9.88. The molecule has 0 saturated carbocycles. The molecule has 3 atom stereocenters. The van der Waals surface area contributed by atoms with Crippen LogP contribution in [0.4, 0.5) is 0 Å². The number of aromatic nitrogens is 1.